The zero-order chi connectivity index (χ0) is 17.9. The van der Waals surface area contributed by atoms with Crippen molar-refractivity contribution < 1.29 is 9.53 Å². The molecule has 8 heteroatoms. The molecule has 1 saturated heterocycles. The van der Waals surface area contributed by atoms with Crippen LogP contribution in [0.4, 0.5) is 0 Å². The molecule has 132 valence electrons. The maximum atomic E-state index is 12.7. The predicted molar refractivity (Wildman–Crippen MR) is 95.2 cm³/mol. The number of amides is 1. The summed E-state index contributed by atoms with van der Waals surface area (Å²) in [6, 6.07) is 8.56. The highest BCUT2D eigenvalue weighted by atomic mass is 35.5. The van der Waals surface area contributed by atoms with Crippen molar-refractivity contribution >= 4 is 17.5 Å². The normalized spacial score (nSPS) is 16.7. The maximum Gasteiger partial charge on any atom is 0.272 e. The standard InChI is InChI=1S/C18H16ClN5O2/c19-12-3-5-13(6-4-12)26-17-11-20-10-15(22-17)16-2-1-9-24(16)18(25)14-7-8-21-23-14/h3-8,10-11,16H,1-2,9H2,(H,21,23)/t16-/m0/s1. The number of hydrogen-bond acceptors (Lipinski definition) is 5. The molecular weight excluding hydrogens is 354 g/mol. The van der Waals surface area contributed by atoms with Gasteiger partial charge in [0.25, 0.3) is 5.91 Å². The lowest BCUT2D eigenvalue weighted by Crippen LogP contribution is -2.31. The van der Waals surface area contributed by atoms with Gasteiger partial charge in [0, 0.05) is 17.8 Å². The van der Waals surface area contributed by atoms with Gasteiger partial charge >= 0.3 is 0 Å². The Bertz CT molecular complexity index is 898. The number of hydrogen-bond donors (Lipinski definition) is 1. The first-order valence-corrected chi connectivity index (χ1v) is 8.64. The average Bonchev–Trinajstić information content (AvgIpc) is 3.35. The fraction of sp³-hybridized carbons (Fsp3) is 0.222. The molecule has 1 amide bonds. The van der Waals surface area contributed by atoms with E-state index in [9.17, 15) is 4.79 Å². The van der Waals surface area contributed by atoms with Gasteiger partial charge in [0.2, 0.25) is 5.88 Å². The van der Waals surface area contributed by atoms with Gasteiger partial charge in [0.05, 0.1) is 24.1 Å². The van der Waals surface area contributed by atoms with Crippen LogP contribution in [0.5, 0.6) is 11.6 Å². The van der Waals surface area contributed by atoms with Gasteiger partial charge in [-0.15, -0.1) is 0 Å². The summed E-state index contributed by atoms with van der Waals surface area (Å²) < 4.78 is 5.75. The van der Waals surface area contributed by atoms with Crippen LogP contribution in [-0.4, -0.2) is 37.5 Å². The summed E-state index contributed by atoms with van der Waals surface area (Å²) in [5.41, 5.74) is 1.18. The van der Waals surface area contributed by atoms with Crippen LogP contribution in [-0.2, 0) is 0 Å². The second-order valence-electron chi connectivity index (χ2n) is 5.97. The first kappa shape index (κ1) is 16.5. The van der Waals surface area contributed by atoms with Crippen molar-refractivity contribution in [3.8, 4) is 11.6 Å². The molecule has 0 saturated carbocycles. The molecule has 1 N–H and O–H groups in total. The molecule has 3 heterocycles. The van der Waals surface area contributed by atoms with Crippen molar-refractivity contribution in [1.29, 1.82) is 0 Å². The third-order valence-corrected chi connectivity index (χ3v) is 4.51. The molecule has 0 bridgehead atoms. The Labute approximate surface area is 155 Å². The molecule has 4 rings (SSSR count). The number of ether oxygens (including phenoxy) is 1. The molecule has 1 fully saturated rings. The van der Waals surface area contributed by atoms with Gasteiger partial charge in [-0.05, 0) is 43.2 Å². The number of nitrogens with one attached hydrogen (secondary N) is 1. The molecule has 26 heavy (non-hydrogen) atoms. The van der Waals surface area contributed by atoms with E-state index >= 15 is 0 Å². The van der Waals surface area contributed by atoms with E-state index in [0.29, 0.717) is 34.6 Å². The highest BCUT2D eigenvalue weighted by molar-refractivity contribution is 6.30. The molecule has 0 unspecified atom stereocenters. The number of rotatable bonds is 4. The van der Waals surface area contributed by atoms with Crippen molar-refractivity contribution in [2.75, 3.05) is 6.54 Å². The Morgan fingerprint density at radius 1 is 1.23 bits per heavy atom. The predicted octanol–water partition coefficient (Wildman–Crippen LogP) is 3.62. The zero-order valence-electron chi connectivity index (χ0n) is 13.8. The van der Waals surface area contributed by atoms with Crippen molar-refractivity contribution in [3.63, 3.8) is 0 Å². The molecular formula is C18H16ClN5O2. The fourth-order valence-corrected chi connectivity index (χ4v) is 3.17. The first-order valence-electron chi connectivity index (χ1n) is 8.26. The summed E-state index contributed by atoms with van der Waals surface area (Å²) in [4.78, 5) is 23.2. The van der Waals surface area contributed by atoms with Crippen LogP contribution in [0.15, 0.2) is 48.9 Å². The Balaban J connectivity index is 1.55. The summed E-state index contributed by atoms with van der Waals surface area (Å²) in [7, 11) is 0. The molecule has 1 aliphatic heterocycles. The van der Waals surface area contributed by atoms with Crippen molar-refractivity contribution in [2.24, 2.45) is 0 Å². The molecule has 2 aromatic heterocycles. The van der Waals surface area contributed by atoms with Crippen LogP contribution >= 0.6 is 11.6 Å². The van der Waals surface area contributed by atoms with Gasteiger partial charge < -0.3 is 9.64 Å². The largest absolute Gasteiger partial charge is 0.437 e. The van der Waals surface area contributed by atoms with Crippen LogP contribution in [0.25, 0.3) is 0 Å². The lowest BCUT2D eigenvalue weighted by molar-refractivity contribution is 0.0726. The summed E-state index contributed by atoms with van der Waals surface area (Å²) in [6.07, 6.45) is 6.54. The molecule has 3 aromatic rings. The van der Waals surface area contributed by atoms with Gasteiger partial charge in [-0.3, -0.25) is 14.9 Å². The van der Waals surface area contributed by atoms with Crippen molar-refractivity contribution in [3.05, 3.63) is 65.3 Å². The molecule has 1 aliphatic rings. The number of benzene rings is 1. The van der Waals surface area contributed by atoms with Crippen LogP contribution in [0, 0.1) is 0 Å². The summed E-state index contributed by atoms with van der Waals surface area (Å²) in [6.45, 7) is 0.673. The zero-order valence-corrected chi connectivity index (χ0v) is 14.6. The number of H-pyrrole nitrogens is 1. The van der Waals surface area contributed by atoms with E-state index < -0.39 is 0 Å². The van der Waals surface area contributed by atoms with E-state index in [1.807, 2.05) is 0 Å². The second kappa shape index (κ2) is 7.13. The third-order valence-electron chi connectivity index (χ3n) is 4.25. The van der Waals surface area contributed by atoms with E-state index in [1.165, 1.54) is 0 Å². The van der Waals surface area contributed by atoms with E-state index in [0.717, 1.165) is 12.8 Å². The maximum absolute atomic E-state index is 12.7. The highest BCUT2D eigenvalue weighted by Gasteiger charge is 2.32. The van der Waals surface area contributed by atoms with E-state index in [1.54, 1.807) is 53.8 Å². The summed E-state index contributed by atoms with van der Waals surface area (Å²) in [5.74, 6) is 0.916. The quantitative estimate of drug-likeness (QED) is 0.759. The van der Waals surface area contributed by atoms with E-state index in [2.05, 4.69) is 20.2 Å². The van der Waals surface area contributed by atoms with E-state index in [-0.39, 0.29) is 11.9 Å². The fourth-order valence-electron chi connectivity index (χ4n) is 3.04. The number of carbonyl (C=O) groups is 1. The van der Waals surface area contributed by atoms with Crippen molar-refractivity contribution in [2.45, 2.75) is 18.9 Å². The van der Waals surface area contributed by atoms with Gasteiger partial charge in [-0.2, -0.15) is 5.10 Å². The molecule has 0 aliphatic carbocycles. The second-order valence-corrected chi connectivity index (χ2v) is 6.40. The number of halogens is 1. The number of carbonyl (C=O) groups excluding carboxylic acids is 1. The van der Waals surface area contributed by atoms with Crippen LogP contribution < -0.4 is 4.74 Å². The number of aromatic nitrogens is 4. The first-order chi connectivity index (χ1) is 12.7. The van der Waals surface area contributed by atoms with Gasteiger partial charge in [-0.1, -0.05) is 11.6 Å². The Kier molecular flexibility index (Phi) is 4.53. The lowest BCUT2D eigenvalue weighted by atomic mass is 10.1. The molecule has 7 nitrogen and oxygen atoms in total. The Morgan fingerprint density at radius 2 is 2.08 bits per heavy atom. The van der Waals surface area contributed by atoms with Crippen LogP contribution in [0.1, 0.15) is 35.1 Å². The minimum Gasteiger partial charge on any atom is -0.437 e. The van der Waals surface area contributed by atoms with Crippen LogP contribution in [0.2, 0.25) is 5.02 Å². The minimum atomic E-state index is -0.132. The van der Waals surface area contributed by atoms with E-state index in [4.69, 9.17) is 16.3 Å². The van der Waals surface area contributed by atoms with Crippen molar-refractivity contribution in [1.82, 2.24) is 25.1 Å². The average molecular weight is 370 g/mol. The monoisotopic (exact) mass is 369 g/mol. The topological polar surface area (TPSA) is 84.0 Å². The third kappa shape index (κ3) is 3.39. The number of likely N-dealkylation sites (tertiary alicyclic amines) is 1. The molecule has 0 radical (unpaired) electrons. The highest BCUT2D eigenvalue weighted by Crippen LogP contribution is 2.32. The summed E-state index contributed by atoms with van der Waals surface area (Å²) in [5, 5.41) is 7.21. The molecule has 0 spiro atoms. The van der Waals surface area contributed by atoms with Crippen LogP contribution in [0.3, 0.4) is 0 Å². The SMILES string of the molecule is O=C(c1ccn[nH]1)N1CCC[C@H]1c1cncc(Oc2ccc(Cl)cc2)n1. The van der Waals surface area contributed by atoms with Gasteiger partial charge in [-0.25, -0.2) is 4.98 Å². The van der Waals surface area contributed by atoms with Gasteiger partial charge in [0.15, 0.2) is 0 Å². The number of aromatic amines is 1. The lowest BCUT2D eigenvalue weighted by Gasteiger charge is -2.23. The summed E-state index contributed by atoms with van der Waals surface area (Å²) >= 11 is 5.89. The molecule has 1 aromatic carbocycles. The Hall–Kier alpha value is -2.93. The Morgan fingerprint density at radius 3 is 2.85 bits per heavy atom. The minimum absolute atomic E-state index is 0.0872. The molecule has 1 atom stereocenters. The van der Waals surface area contributed by atoms with Gasteiger partial charge in [0.1, 0.15) is 11.4 Å². The number of nitrogens with zero attached hydrogens (tertiary/aromatic N) is 4. The smallest absolute Gasteiger partial charge is 0.272 e.